The van der Waals surface area contributed by atoms with Crippen molar-refractivity contribution in [1.29, 1.82) is 0 Å². The van der Waals surface area contributed by atoms with Gasteiger partial charge in [0.1, 0.15) is 5.92 Å². The highest BCUT2D eigenvalue weighted by atomic mass is 35.5. The molecule has 0 spiro atoms. The number of carboxylic acids is 1. The number of halogens is 1. The Bertz CT molecular complexity index is 539. The molecule has 7 heteroatoms. The molecule has 2 rings (SSSR count). The molecular weight excluding hydrogens is 314 g/mol. The molecule has 1 aromatic rings. The van der Waals surface area contributed by atoms with Crippen LogP contribution in [0.15, 0.2) is 29.2 Å². The number of nitrogens with zero attached hydrogens (tertiary/aromatic N) is 1. The highest BCUT2D eigenvalue weighted by Crippen LogP contribution is 2.27. The zero-order valence-corrected chi connectivity index (χ0v) is 13.1. The summed E-state index contributed by atoms with van der Waals surface area (Å²) in [6.45, 7) is 0.408. The van der Waals surface area contributed by atoms with Gasteiger partial charge >= 0.3 is 5.97 Å². The Morgan fingerprint density at radius 1 is 1.43 bits per heavy atom. The molecule has 1 aliphatic heterocycles. The molecule has 1 fully saturated rings. The summed E-state index contributed by atoms with van der Waals surface area (Å²) in [5, 5.41) is 9.72. The summed E-state index contributed by atoms with van der Waals surface area (Å²) in [5.74, 6) is -1.52. The minimum Gasteiger partial charge on any atom is -0.481 e. The number of carbonyl (C=O) groups excluding carboxylic acids is 1. The van der Waals surface area contributed by atoms with Crippen LogP contribution in [0.2, 0.25) is 5.02 Å². The summed E-state index contributed by atoms with van der Waals surface area (Å²) in [5.41, 5.74) is 0. The van der Waals surface area contributed by atoms with E-state index in [0.717, 1.165) is 4.90 Å². The first-order chi connectivity index (χ1) is 10.0. The van der Waals surface area contributed by atoms with E-state index in [-0.39, 0.29) is 24.9 Å². The molecule has 2 unspecified atom stereocenters. The van der Waals surface area contributed by atoms with Gasteiger partial charge in [0.05, 0.1) is 30.0 Å². The van der Waals surface area contributed by atoms with Gasteiger partial charge < -0.3 is 14.7 Å². The minimum absolute atomic E-state index is 0.137. The average molecular weight is 330 g/mol. The van der Waals surface area contributed by atoms with E-state index in [0.29, 0.717) is 5.02 Å². The van der Waals surface area contributed by atoms with Gasteiger partial charge in [0, 0.05) is 11.9 Å². The smallest absolute Gasteiger partial charge is 0.311 e. The van der Waals surface area contributed by atoms with E-state index in [9.17, 15) is 9.59 Å². The number of rotatable bonds is 5. The van der Waals surface area contributed by atoms with Crippen molar-refractivity contribution in [2.24, 2.45) is 5.92 Å². The van der Waals surface area contributed by atoms with Crippen molar-refractivity contribution in [3.63, 3.8) is 0 Å². The number of likely N-dealkylation sites (N-methyl/N-ethyl adjacent to an activating group) is 1. The van der Waals surface area contributed by atoms with Crippen molar-refractivity contribution < 1.29 is 19.4 Å². The van der Waals surface area contributed by atoms with Gasteiger partial charge in [-0.1, -0.05) is 23.7 Å². The normalized spacial score (nSPS) is 21.2. The quantitative estimate of drug-likeness (QED) is 0.837. The Morgan fingerprint density at radius 3 is 2.81 bits per heavy atom. The fourth-order valence-corrected chi connectivity index (χ4v) is 3.31. The predicted octanol–water partition coefficient (Wildman–Crippen LogP) is 1.99. The number of hydrogen-bond donors (Lipinski definition) is 1. The Kier molecular flexibility index (Phi) is 5.50. The van der Waals surface area contributed by atoms with Crippen molar-refractivity contribution >= 4 is 35.2 Å². The first-order valence-corrected chi connectivity index (χ1v) is 7.80. The van der Waals surface area contributed by atoms with E-state index in [1.54, 1.807) is 13.1 Å². The zero-order chi connectivity index (χ0) is 15.4. The Hall–Kier alpha value is -1.24. The third-order valence-corrected chi connectivity index (χ3v) is 4.95. The maximum Gasteiger partial charge on any atom is 0.311 e. The maximum absolute atomic E-state index is 12.2. The SMILES string of the molecule is CN(C(=O)CSc1ccccc1Cl)C1COCC1C(=O)O. The molecule has 1 saturated heterocycles. The third-order valence-electron chi connectivity index (χ3n) is 3.45. The van der Waals surface area contributed by atoms with E-state index in [4.69, 9.17) is 21.4 Å². The summed E-state index contributed by atoms with van der Waals surface area (Å²) in [7, 11) is 1.62. The van der Waals surface area contributed by atoms with E-state index in [1.165, 1.54) is 16.7 Å². The molecule has 0 saturated carbocycles. The molecular formula is C14H16ClNO4S. The molecule has 1 amide bonds. The lowest BCUT2D eigenvalue weighted by Gasteiger charge is -2.26. The summed E-state index contributed by atoms with van der Waals surface area (Å²) >= 11 is 7.38. The minimum atomic E-state index is -0.934. The summed E-state index contributed by atoms with van der Waals surface area (Å²) in [4.78, 5) is 25.6. The number of amides is 1. The topological polar surface area (TPSA) is 66.8 Å². The van der Waals surface area contributed by atoms with Crippen molar-refractivity contribution in [3.05, 3.63) is 29.3 Å². The molecule has 5 nitrogen and oxygen atoms in total. The highest BCUT2D eigenvalue weighted by molar-refractivity contribution is 8.00. The molecule has 0 aromatic heterocycles. The van der Waals surface area contributed by atoms with Gasteiger partial charge in [-0.25, -0.2) is 0 Å². The molecule has 1 aromatic carbocycles. The third kappa shape index (κ3) is 3.90. The van der Waals surface area contributed by atoms with Crippen molar-refractivity contribution in [1.82, 2.24) is 4.90 Å². The van der Waals surface area contributed by atoms with E-state index in [2.05, 4.69) is 0 Å². The lowest BCUT2D eigenvalue weighted by molar-refractivity contribution is -0.144. The first kappa shape index (κ1) is 16.1. The molecule has 1 N–H and O–H groups in total. The molecule has 21 heavy (non-hydrogen) atoms. The molecule has 1 aliphatic rings. The first-order valence-electron chi connectivity index (χ1n) is 6.44. The monoisotopic (exact) mass is 329 g/mol. The second-order valence-electron chi connectivity index (χ2n) is 4.77. The van der Waals surface area contributed by atoms with Crippen molar-refractivity contribution in [3.8, 4) is 0 Å². The van der Waals surface area contributed by atoms with Crippen LogP contribution in [-0.2, 0) is 14.3 Å². The van der Waals surface area contributed by atoms with Gasteiger partial charge in [0.2, 0.25) is 5.91 Å². The van der Waals surface area contributed by atoms with Gasteiger partial charge in [-0.2, -0.15) is 0 Å². The van der Waals surface area contributed by atoms with Gasteiger partial charge in [0.25, 0.3) is 0 Å². The molecule has 0 bridgehead atoms. The Labute approximate surface area is 132 Å². The fourth-order valence-electron chi connectivity index (χ4n) is 2.15. The number of carbonyl (C=O) groups is 2. The van der Waals surface area contributed by atoms with E-state index >= 15 is 0 Å². The van der Waals surface area contributed by atoms with E-state index < -0.39 is 17.9 Å². The maximum atomic E-state index is 12.2. The lowest BCUT2D eigenvalue weighted by atomic mass is 10.0. The van der Waals surface area contributed by atoms with Crippen LogP contribution >= 0.6 is 23.4 Å². The number of carboxylic acid groups (broad SMARTS) is 1. The van der Waals surface area contributed by atoms with Crippen LogP contribution in [-0.4, -0.2) is 53.9 Å². The Balaban J connectivity index is 1.94. The van der Waals surface area contributed by atoms with Gasteiger partial charge in [-0.3, -0.25) is 9.59 Å². The summed E-state index contributed by atoms with van der Waals surface area (Å²) in [6, 6.07) is 6.88. The van der Waals surface area contributed by atoms with Crippen LogP contribution in [0.4, 0.5) is 0 Å². The van der Waals surface area contributed by atoms with Crippen molar-refractivity contribution in [2.75, 3.05) is 26.0 Å². The summed E-state index contributed by atoms with van der Waals surface area (Å²) < 4.78 is 5.18. The zero-order valence-electron chi connectivity index (χ0n) is 11.5. The number of thioether (sulfide) groups is 1. The standard InChI is InChI=1S/C14H16ClNO4S/c1-16(11-7-20-6-9(11)14(18)19)13(17)8-21-12-5-3-2-4-10(12)15/h2-5,9,11H,6-8H2,1H3,(H,18,19). The van der Waals surface area contributed by atoms with Crippen LogP contribution in [0, 0.1) is 5.92 Å². The van der Waals surface area contributed by atoms with Crippen LogP contribution in [0.1, 0.15) is 0 Å². The summed E-state index contributed by atoms with van der Waals surface area (Å²) in [6.07, 6.45) is 0. The number of ether oxygens (including phenoxy) is 1. The van der Waals surface area contributed by atoms with Gasteiger partial charge in [0.15, 0.2) is 0 Å². The molecule has 0 radical (unpaired) electrons. The predicted molar refractivity (Wildman–Crippen MR) is 80.7 cm³/mol. The molecule has 114 valence electrons. The largest absolute Gasteiger partial charge is 0.481 e. The highest BCUT2D eigenvalue weighted by Gasteiger charge is 2.38. The van der Waals surface area contributed by atoms with Crippen LogP contribution in [0.3, 0.4) is 0 Å². The van der Waals surface area contributed by atoms with Crippen molar-refractivity contribution in [2.45, 2.75) is 10.9 Å². The lowest BCUT2D eigenvalue weighted by Crippen LogP contribution is -2.44. The second-order valence-corrected chi connectivity index (χ2v) is 6.20. The van der Waals surface area contributed by atoms with Crippen LogP contribution < -0.4 is 0 Å². The van der Waals surface area contributed by atoms with E-state index in [1.807, 2.05) is 18.2 Å². The Morgan fingerprint density at radius 2 is 2.14 bits per heavy atom. The number of benzene rings is 1. The van der Waals surface area contributed by atoms with Crippen LogP contribution in [0.5, 0.6) is 0 Å². The molecule has 0 aliphatic carbocycles. The van der Waals surface area contributed by atoms with Gasteiger partial charge in [-0.15, -0.1) is 11.8 Å². The van der Waals surface area contributed by atoms with Gasteiger partial charge in [-0.05, 0) is 12.1 Å². The average Bonchev–Trinajstić information content (AvgIpc) is 2.95. The second kappa shape index (κ2) is 7.15. The molecule has 1 heterocycles. The fraction of sp³-hybridized carbons (Fsp3) is 0.429. The number of aliphatic carboxylic acids is 1. The number of hydrogen-bond acceptors (Lipinski definition) is 4. The van der Waals surface area contributed by atoms with Crippen LogP contribution in [0.25, 0.3) is 0 Å². The molecule has 2 atom stereocenters.